The number of amides is 1. The lowest BCUT2D eigenvalue weighted by Crippen LogP contribution is -2.43. The fourth-order valence-corrected chi connectivity index (χ4v) is 3.16. The number of sulfone groups is 1. The van der Waals surface area contributed by atoms with Crippen LogP contribution >= 0.6 is 0 Å². The minimum atomic E-state index is -3.17. The molecule has 3 rings (SSSR count). The molecule has 0 bridgehead atoms. The maximum atomic E-state index is 11.9. The van der Waals surface area contributed by atoms with E-state index in [1.54, 1.807) is 10.9 Å². The van der Waals surface area contributed by atoms with Crippen LogP contribution in [0.4, 0.5) is 0 Å². The van der Waals surface area contributed by atoms with Crippen molar-refractivity contribution in [1.82, 2.24) is 25.6 Å². The van der Waals surface area contributed by atoms with E-state index in [4.69, 9.17) is 0 Å². The van der Waals surface area contributed by atoms with E-state index < -0.39 is 21.8 Å². The Kier molecular flexibility index (Phi) is 2.86. The summed E-state index contributed by atoms with van der Waals surface area (Å²) in [5, 5.41) is 14.5. The van der Waals surface area contributed by atoms with Crippen LogP contribution in [0.2, 0.25) is 0 Å². The van der Waals surface area contributed by atoms with Gasteiger partial charge in [0.2, 0.25) is 0 Å². The van der Waals surface area contributed by atoms with Gasteiger partial charge >= 0.3 is 0 Å². The molecule has 1 aromatic rings. The summed E-state index contributed by atoms with van der Waals surface area (Å²) in [7, 11) is -3.17. The fraction of sp³-hybridized carbons (Fsp3) is 0.500. The van der Waals surface area contributed by atoms with Crippen LogP contribution in [0.15, 0.2) is 17.7 Å². The molecule has 0 aliphatic carbocycles. The molecule has 102 valence electrons. The second-order valence-corrected chi connectivity index (χ2v) is 6.57. The van der Waals surface area contributed by atoms with Crippen molar-refractivity contribution in [2.75, 3.05) is 18.8 Å². The molecule has 0 saturated carbocycles. The molecule has 2 N–H and O–H groups in total. The molecule has 8 nitrogen and oxygen atoms in total. The zero-order valence-corrected chi connectivity index (χ0v) is 10.8. The Bertz CT molecular complexity index is 631. The highest BCUT2D eigenvalue weighted by atomic mass is 32.2. The van der Waals surface area contributed by atoms with Crippen LogP contribution in [0.1, 0.15) is 16.5 Å². The molecule has 0 spiro atoms. The number of hydrogen-bond donors (Lipinski definition) is 2. The van der Waals surface area contributed by atoms with Gasteiger partial charge in [-0.15, -0.1) is 5.10 Å². The Morgan fingerprint density at radius 3 is 2.84 bits per heavy atom. The van der Waals surface area contributed by atoms with Gasteiger partial charge in [-0.3, -0.25) is 4.79 Å². The molecule has 3 heterocycles. The van der Waals surface area contributed by atoms with Crippen molar-refractivity contribution in [3.8, 4) is 0 Å². The Labute approximate surface area is 109 Å². The average Bonchev–Trinajstić information content (AvgIpc) is 2.83. The van der Waals surface area contributed by atoms with Crippen molar-refractivity contribution in [2.45, 2.75) is 12.1 Å². The molecule has 0 radical (unpaired) electrons. The second kappa shape index (κ2) is 4.42. The predicted molar refractivity (Wildman–Crippen MR) is 66.1 cm³/mol. The Hall–Kier alpha value is -1.74. The summed E-state index contributed by atoms with van der Waals surface area (Å²) in [5.41, 5.74) is 0.199. The first kappa shape index (κ1) is 12.3. The number of aromatic nitrogens is 3. The third-order valence-corrected chi connectivity index (χ3v) is 4.52. The molecule has 1 aromatic heterocycles. The smallest absolute Gasteiger partial charge is 0.273 e. The van der Waals surface area contributed by atoms with Crippen LogP contribution < -0.4 is 10.6 Å². The summed E-state index contributed by atoms with van der Waals surface area (Å²) in [5.74, 6) is -0.510. The van der Waals surface area contributed by atoms with Crippen LogP contribution in [0.3, 0.4) is 0 Å². The minimum Gasteiger partial charge on any atom is -0.343 e. The van der Waals surface area contributed by atoms with E-state index in [-0.39, 0.29) is 17.5 Å². The lowest BCUT2D eigenvalue weighted by Gasteiger charge is -2.26. The van der Waals surface area contributed by atoms with Gasteiger partial charge in [0.15, 0.2) is 15.5 Å². The van der Waals surface area contributed by atoms with Gasteiger partial charge in [0.1, 0.15) is 0 Å². The highest BCUT2D eigenvalue weighted by Gasteiger charge is 2.25. The van der Waals surface area contributed by atoms with Gasteiger partial charge in [-0.25, -0.2) is 13.1 Å². The number of nitrogens with one attached hydrogen (secondary N) is 2. The Balaban J connectivity index is 1.64. The van der Waals surface area contributed by atoms with Gasteiger partial charge in [-0.1, -0.05) is 5.21 Å². The molecule has 1 fully saturated rings. The van der Waals surface area contributed by atoms with Crippen molar-refractivity contribution < 1.29 is 13.2 Å². The highest BCUT2D eigenvalue weighted by molar-refractivity contribution is 7.94. The van der Waals surface area contributed by atoms with Gasteiger partial charge in [-0.05, 0) is 6.08 Å². The number of hydrogen-bond acceptors (Lipinski definition) is 6. The monoisotopic (exact) mass is 283 g/mol. The maximum absolute atomic E-state index is 11.9. The topological polar surface area (TPSA) is 106 Å². The molecule has 2 aliphatic heterocycles. The van der Waals surface area contributed by atoms with Crippen molar-refractivity contribution in [2.24, 2.45) is 0 Å². The average molecular weight is 283 g/mol. The summed E-state index contributed by atoms with van der Waals surface area (Å²) < 4.78 is 24.1. The first-order valence-electron chi connectivity index (χ1n) is 5.88. The van der Waals surface area contributed by atoms with Gasteiger partial charge in [0.05, 0.1) is 24.0 Å². The minimum absolute atomic E-state index is 0.0978. The summed E-state index contributed by atoms with van der Waals surface area (Å²) in [6, 6.07) is -0.256. The summed E-state index contributed by atoms with van der Waals surface area (Å²) >= 11 is 0. The van der Waals surface area contributed by atoms with E-state index in [0.717, 1.165) is 18.5 Å². The molecule has 2 aliphatic rings. The zero-order chi connectivity index (χ0) is 13.5. The number of nitrogens with zero attached hydrogens (tertiary/aromatic N) is 3. The molecule has 1 amide bonds. The lowest BCUT2D eigenvalue weighted by atomic mass is 10.2. The first-order valence-corrected chi connectivity index (χ1v) is 7.59. The SMILES string of the molecule is O=C(NC1C=CS(=O)(=O)C1)c1cn(C2CNC2)nn1. The Morgan fingerprint density at radius 2 is 2.26 bits per heavy atom. The molecule has 1 unspecified atom stereocenters. The van der Waals surface area contributed by atoms with Crippen molar-refractivity contribution in [1.29, 1.82) is 0 Å². The molecule has 19 heavy (non-hydrogen) atoms. The lowest BCUT2D eigenvalue weighted by molar-refractivity contribution is 0.0942. The van der Waals surface area contributed by atoms with E-state index in [1.165, 1.54) is 6.08 Å². The summed E-state index contributed by atoms with van der Waals surface area (Å²) in [6.07, 6.45) is 3.04. The van der Waals surface area contributed by atoms with Crippen molar-refractivity contribution in [3.63, 3.8) is 0 Å². The van der Waals surface area contributed by atoms with Crippen LogP contribution in [0.25, 0.3) is 0 Å². The number of carbonyl (C=O) groups is 1. The number of rotatable bonds is 3. The van der Waals surface area contributed by atoms with E-state index in [1.807, 2.05) is 0 Å². The zero-order valence-electron chi connectivity index (χ0n) is 9.98. The highest BCUT2D eigenvalue weighted by Crippen LogP contribution is 2.11. The maximum Gasteiger partial charge on any atom is 0.273 e. The normalized spacial score (nSPS) is 25.2. The number of carbonyl (C=O) groups excluding carboxylic acids is 1. The quantitative estimate of drug-likeness (QED) is 0.696. The van der Waals surface area contributed by atoms with Crippen LogP contribution in [-0.2, 0) is 9.84 Å². The molecule has 1 atom stereocenters. The van der Waals surface area contributed by atoms with Gasteiger partial charge in [-0.2, -0.15) is 0 Å². The predicted octanol–water partition coefficient (Wildman–Crippen LogP) is -1.54. The van der Waals surface area contributed by atoms with Crippen LogP contribution in [-0.4, -0.2) is 54.2 Å². The third kappa shape index (κ3) is 2.51. The molecular weight excluding hydrogens is 270 g/mol. The molecule has 0 aromatic carbocycles. The van der Waals surface area contributed by atoms with Crippen LogP contribution in [0, 0.1) is 0 Å². The van der Waals surface area contributed by atoms with E-state index in [9.17, 15) is 13.2 Å². The van der Waals surface area contributed by atoms with Crippen molar-refractivity contribution in [3.05, 3.63) is 23.4 Å². The van der Waals surface area contributed by atoms with E-state index in [0.29, 0.717) is 0 Å². The molecule has 9 heteroatoms. The van der Waals surface area contributed by atoms with Gasteiger partial charge in [0.25, 0.3) is 5.91 Å². The summed E-state index contributed by atoms with van der Waals surface area (Å²) in [6.45, 7) is 1.63. The Morgan fingerprint density at radius 1 is 1.47 bits per heavy atom. The molecular formula is C10H13N5O3S. The van der Waals surface area contributed by atoms with E-state index in [2.05, 4.69) is 20.9 Å². The van der Waals surface area contributed by atoms with E-state index >= 15 is 0 Å². The third-order valence-electron chi connectivity index (χ3n) is 3.12. The molecule has 1 saturated heterocycles. The fourth-order valence-electron chi connectivity index (χ4n) is 1.93. The largest absolute Gasteiger partial charge is 0.343 e. The van der Waals surface area contributed by atoms with Gasteiger partial charge in [0, 0.05) is 18.5 Å². The van der Waals surface area contributed by atoms with Crippen LogP contribution in [0.5, 0.6) is 0 Å². The van der Waals surface area contributed by atoms with Gasteiger partial charge < -0.3 is 10.6 Å². The van der Waals surface area contributed by atoms with Crippen molar-refractivity contribution >= 4 is 15.7 Å². The standard InChI is InChI=1S/C10H13N5O3S/c16-10(12-7-1-2-19(17,18)6-7)9-5-15(14-13-9)8-3-11-4-8/h1-2,5,7-8,11H,3-4,6H2,(H,12,16). The second-order valence-electron chi connectivity index (χ2n) is 4.63. The summed E-state index contributed by atoms with van der Waals surface area (Å²) in [4.78, 5) is 11.9. The first-order chi connectivity index (χ1) is 9.03.